The van der Waals surface area contributed by atoms with E-state index >= 15 is 0 Å². The maximum atomic E-state index is 12.1. The van der Waals surface area contributed by atoms with E-state index in [1.165, 1.54) is 4.90 Å². The van der Waals surface area contributed by atoms with E-state index in [1.807, 2.05) is 7.05 Å². The van der Waals surface area contributed by atoms with Gasteiger partial charge in [0.1, 0.15) is 0 Å². The smallest absolute Gasteiger partial charge is 0.233 e. The molecule has 2 rings (SSSR count). The largest absolute Gasteiger partial charge is 0.383 e. The molecule has 3 atom stereocenters. The highest BCUT2D eigenvalue weighted by Crippen LogP contribution is 2.39. The fourth-order valence-corrected chi connectivity index (χ4v) is 2.89. The fourth-order valence-electron chi connectivity index (χ4n) is 2.89. The standard InChI is InChI=1S/C12H20N2O3/c1-13-8(7-17-2)6-14-11(15)9-4-3-5-10(9)12(14)16/h8-10,13H,3-7H2,1-2H3. The summed E-state index contributed by atoms with van der Waals surface area (Å²) < 4.78 is 5.06. The van der Waals surface area contributed by atoms with Crippen LogP contribution in [0.15, 0.2) is 0 Å². The summed E-state index contributed by atoms with van der Waals surface area (Å²) in [4.78, 5) is 25.6. The molecule has 17 heavy (non-hydrogen) atoms. The summed E-state index contributed by atoms with van der Waals surface area (Å²) in [7, 11) is 3.43. The summed E-state index contributed by atoms with van der Waals surface area (Å²) in [6.07, 6.45) is 2.76. The number of hydrogen-bond donors (Lipinski definition) is 1. The second-order valence-corrected chi connectivity index (χ2v) is 4.87. The third kappa shape index (κ3) is 2.21. The number of amides is 2. The van der Waals surface area contributed by atoms with Gasteiger partial charge in [-0.25, -0.2) is 0 Å². The first-order valence-corrected chi connectivity index (χ1v) is 6.20. The van der Waals surface area contributed by atoms with Crippen molar-refractivity contribution in [3.63, 3.8) is 0 Å². The van der Waals surface area contributed by atoms with Crippen molar-refractivity contribution in [1.82, 2.24) is 10.2 Å². The van der Waals surface area contributed by atoms with Crippen LogP contribution in [-0.4, -0.2) is 50.1 Å². The highest BCUT2D eigenvalue weighted by atomic mass is 16.5. The molecule has 1 N–H and O–H groups in total. The highest BCUT2D eigenvalue weighted by molar-refractivity contribution is 6.05. The molecule has 2 amide bonds. The molecular weight excluding hydrogens is 220 g/mol. The molecule has 1 saturated carbocycles. The number of ether oxygens (including phenoxy) is 1. The molecule has 1 aliphatic heterocycles. The Bertz CT molecular complexity index is 297. The Morgan fingerprint density at radius 3 is 2.41 bits per heavy atom. The lowest BCUT2D eigenvalue weighted by Crippen LogP contribution is -2.45. The van der Waals surface area contributed by atoms with E-state index < -0.39 is 0 Å². The zero-order valence-corrected chi connectivity index (χ0v) is 10.4. The van der Waals surface area contributed by atoms with Crippen LogP contribution in [0.4, 0.5) is 0 Å². The average Bonchev–Trinajstić information content (AvgIpc) is 2.88. The molecule has 96 valence electrons. The number of carbonyl (C=O) groups is 2. The lowest BCUT2D eigenvalue weighted by Gasteiger charge is -2.22. The quantitative estimate of drug-likeness (QED) is 0.688. The van der Waals surface area contributed by atoms with Crippen LogP contribution in [0.25, 0.3) is 0 Å². The number of carbonyl (C=O) groups excluding carboxylic acids is 2. The molecule has 1 saturated heterocycles. The van der Waals surface area contributed by atoms with Crippen LogP contribution in [-0.2, 0) is 14.3 Å². The topological polar surface area (TPSA) is 58.6 Å². The molecule has 0 aromatic carbocycles. The van der Waals surface area contributed by atoms with Gasteiger partial charge in [-0.15, -0.1) is 0 Å². The number of hydrogen-bond acceptors (Lipinski definition) is 4. The van der Waals surface area contributed by atoms with E-state index in [4.69, 9.17) is 4.74 Å². The van der Waals surface area contributed by atoms with Crippen LogP contribution in [0.1, 0.15) is 19.3 Å². The number of likely N-dealkylation sites (N-methyl/N-ethyl adjacent to an activating group) is 1. The molecule has 0 aromatic heterocycles. The van der Waals surface area contributed by atoms with Gasteiger partial charge in [0.05, 0.1) is 18.4 Å². The number of rotatable bonds is 5. The van der Waals surface area contributed by atoms with E-state index in [1.54, 1.807) is 7.11 Å². The summed E-state index contributed by atoms with van der Waals surface area (Å²) in [5, 5.41) is 3.07. The molecule has 0 aromatic rings. The van der Waals surface area contributed by atoms with Gasteiger partial charge in [-0.1, -0.05) is 6.42 Å². The van der Waals surface area contributed by atoms with Gasteiger partial charge in [0, 0.05) is 19.7 Å². The van der Waals surface area contributed by atoms with Crippen molar-refractivity contribution >= 4 is 11.8 Å². The maximum Gasteiger partial charge on any atom is 0.233 e. The van der Waals surface area contributed by atoms with Crippen molar-refractivity contribution in [1.29, 1.82) is 0 Å². The number of likely N-dealkylation sites (tertiary alicyclic amines) is 1. The van der Waals surface area contributed by atoms with Gasteiger partial charge in [-0.05, 0) is 19.9 Å². The van der Waals surface area contributed by atoms with E-state index in [9.17, 15) is 9.59 Å². The molecule has 1 aliphatic carbocycles. The number of methoxy groups -OCH3 is 1. The van der Waals surface area contributed by atoms with Crippen molar-refractivity contribution in [2.24, 2.45) is 11.8 Å². The Morgan fingerprint density at radius 2 is 1.94 bits per heavy atom. The molecule has 5 nitrogen and oxygen atoms in total. The predicted molar refractivity (Wildman–Crippen MR) is 62.3 cm³/mol. The molecule has 1 heterocycles. The fraction of sp³-hybridized carbons (Fsp3) is 0.833. The minimum absolute atomic E-state index is 0.0201. The molecule has 0 bridgehead atoms. The Hall–Kier alpha value is -0.940. The predicted octanol–water partition coefficient (Wildman–Crippen LogP) is 0.00590. The van der Waals surface area contributed by atoms with Crippen LogP contribution in [0.5, 0.6) is 0 Å². The van der Waals surface area contributed by atoms with E-state index in [-0.39, 0.29) is 29.7 Å². The van der Waals surface area contributed by atoms with Gasteiger partial charge in [0.15, 0.2) is 0 Å². The zero-order valence-electron chi connectivity index (χ0n) is 10.4. The maximum absolute atomic E-state index is 12.1. The van der Waals surface area contributed by atoms with Crippen molar-refractivity contribution in [2.45, 2.75) is 25.3 Å². The van der Waals surface area contributed by atoms with Gasteiger partial charge < -0.3 is 10.1 Å². The molecule has 2 aliphatic rings. The third-order valence-corrected chi connectivity index (χ3v) is 3.86. The van der Waals surface area contributed by atoms with Crippen LogP contribution in [0.3, 0.4) is 0 Å². The van der Waals surface area contributed by atoms with Gasteiger partial charge in [-0.2, -0.15) is 0 Å². The van der Waals surface area contributed by atoms with Crippen LogP contribution in [0, 0.1) is 11.8 Å². The first kappa shape index (κ1) is 12.5. The van der Waals surface area contributed by atoms with Crippen molar-refractivity contribution < 1.29 is 14.3 Å². The number of fused-ring (bicyclic) bond motifs is 1. The summed E-state index contributed by atoms with van der Waals surface area (Å²) in [5.41, 5.74) is 0. The normalized spacial score (nSPS) is 29.9. The molecular formula is C12H20N2O3. The minimum atomic E-state index is -0.0393. The van der Waals surface area contributed by atoms with Crippen LogP contribution < -0.4 is 5.32 Å². The Labute approximate surface area is 101 Å². The number of imide groups is 1. The molecule has 0 radical (unpaired) electrons. The molecule has 3 unspecified atom stereocenters. The zero-order chi connectivity index (χ0) is 12.4. The Morgan fingerprint density at radius 1 is 1.35 bits per heavy atom. The van der Waals surface area contributed by atoms with Gasteiger partial charge in [-0.3, -0.25) is 14.5 Å². The summed E-state index contributed by atoms with van der Waals surface area (Å²) >= 11 is 0. The first-order chi connectivity index (χ1) is 8.19. The molecule has 5 heteroatoms. The lowest BCUT2D eigenvalue weighted by atomic mass is 10.00. The summed E-state index contributed by atoms with van der Waals surface area (Å²) in [5.74, 6) is -0.0344. The Kier molecular flexibility index (Phi) is 3.79. The van der Waals surface area contributed by atoms with Gasteiger partial charge in [0.2, 0.25) is 11.8 Å². The average molecular weight is 240 g/mol. The van der Waals surface area contributed by atoms with Crippen molar-refractivity contribution in [3.8, 4) is 0 Å². The summed E-state index contributed by atoms with van der Waals surface area (Å²) in [6.45, 7) is 0.928. The second kappa shape index (κ2) is 5.14. The lowest BCUT2D eigenvalue weighted by molar-refractivity contribution is -0.140. The van der Waals surface area contributed by atoms with Crippen LogP contribution in [0.2, 0.25) is 0 Å². The second-order valence-electron chi connectivity index (χ2n) is 4.87. The third-order valence-electron chi connectivity index (χ3n) is 3.86. The monoisotopic (exact) mass is 240 g/mol. The van der Waals surface area contributed by atoms with Crippen molar-refractivity contribution in [2.75, 3.05) is 27.3 Å². The van der Waals surface area contributed by atoms with Gasteiger partial charge >= 0.3 is 0 Å². The summed E-state index contributed by atoms with van der Waals surface area (Å²) in [6, 6.07) is 0.0201. The minimum Gasteiger partial charge on any atom is -0.383 e. The highest BCUT2D eigenvalue weighted by Gasteiger charge is 2.49. The number of nitrogens with zero attached hydrogens (tertiary/aromatic N) is 1. The first-order valence-electron chi connectivity index (χ1n) is 6.20. The van der Waals surface area contributed by atoms with E-state index in [0.717, 1.165) is 19.3 Å². The molecule has 0 spiro atoms. The number of nitrogens with one attached hydrogen (secondary N) is 1. The van der Waals surface area contributed by atoms with Crippen LogP contribution >= 0.6 is 0 Å². The van der Waals surface area contributed by atoms with Crippen molar-refractivity contribution in [3.05, 3.63) is 0 Å². The van der Waals surface area contributed by atoms with E-state index in [0.29, 0.717) is 13.2 Å². The SMILES string of the molecule is CNC(COC)CN1C(=O)C2CCCC2C1=O. The van der Waals surface area contributed by atoms with Gasteiger partial charge in [0.25, 0.3) is 0 Å². The molecule has 2 fully saturated rings. The Balaban J connectivity index is 2.01. The van der Waals surface area contributed by atoms with E-state index in [2.05, 4.69) is 5.32 Å².